The van der Waals surface area contributed by atoms with E-state index in [1.165, 1.54) is 5.57 Å². The first-order chi connectivity index (χ1) is 16.9. The van der Waals surface area contributed by atoms with E-state index in [1.54, 1.807) is 29.2 Å². The molecule has 2 unspecified atom stereocenters. The Morgan fingerprint density at radius 3 is 2.80 bits per heavy atom. The normalized spacial score (nSPS) is 20.4. The SMILES string of the molecule is CC1=CCC(n2nc(C3CCN([S+](O)C(C)C)CC3)cc2NC(=O)c2cnn3cccnc23)C=C1. The van der Waals surface area contributed by atoms with Gasteiger partial charge in [0.05, 0.1) is 17.9 Å². The monoisotopic (exact) mass is 494 g/mol. The molecule has 3 aromatic heterocycles. The minimum absolute atomic E-state index is 0.0362. The van der Waals surface area contributed by atoms with E-state index in [0.29, 0.717) is 17.0 Å². The lowest BCUT2D eigenvalue weighted by atomic mass is 9.95. The van der Waals surface area contributed by atoms with Gasteiger partial charge in [-0.05, 0) is 46.1 Å². The van der Waals surface area contributed by atoms with Crippen LogP contribution in [0.25, 0.3) is 5.65 Å². The third-order valence-electron chi connectivity index (χ3n) is 6.66. The topological polar surface area (TPSA) is 101 Å². The Hall–Kier alpha value is -2.95. The van der Waals surface area contributed by atoms with Gasteiger partial charge in [-0.25, -0.2) is 14.2 Å². The number of amides is 1. The zero-order chi connectivity index (χ0) is 24.5. The van der Waals surface area contributed by atoms with Gasteiger partial charge in [0.25, 0.3) is 5.91 Å². The second-order valence-corrected chi connectivity index (χ2v) is 11.5. The molecule has 184 valence electrons. The first-order valence-corrected chi connectivity index (χ1v) is 13.3. The highest BCUT2D eigenvalue weighted by Gasteiger charge is 2.36. The Balaban J connectivity index is 1.39. The van der Waals surface area contributed by atoms with E-state index in [1.807, 2.05) is 10.7 Å². The highest BCUT2D eigenvalue weighted by molar-refractivity contribution is 7.89. The van der Waals surface area contributed by atoms with Gasteiger partial charge in [0.2, 0.25) is 11.4 Å². The maximum absolute atomic E-state index is 13.2. The van der Waals surface area contributed by atoms with Crippen molar-refractivity contribution >= 4 is 28.7 Å². The summed E-state index contributed by atoms with van der Waals surface area (Å²) in [5, 5.41) is 12.5. The number of nitrogens with zero attached hydrogens (tertiary/aromatic N) is 6. The number of carbonyl (C=O) groups excluding carboxylic acids is 1. The van der Waals surface area contributed by atoms with Crippen LogP contribution in [0.4, 0.5) is 5.82 Å². The van der Waals surface area contributed by atoms with Gasteiger partial charge in [-0.3, -0.25) is 4.79 Å². The molecule has 5 rings (SSSR count). The van der Waals surface area contributed by atoms with Gasteiger partial charge >= 0.3 is 0 Å². The lowest BCUT2D eigenvalue weighted by Crippen LogP contribution is -2.41. The van der Waals surface area contributed by atoms with Crippen LogP contribution in [0.1, 0.15) is 68.0 Å². The van der Waals surface area contributed by atoms with Gasteiger partial charge in [-0.2, -0.15) is 14.8 Å². The van der Waals surface area contributed by atoms with Crippen molar-refractivity contribution < 1.29 is 9.35 Å². The zero-order valence-corrected chi connectivity index (χ0v) is 21.1. The first-order valence-electron chi connectivity index (χ1n) is 12.1. The number of nitrogens with one attached hydrogen (secondary N) is 1. The van der Waals surface area contributed by atoms with Gasteiger partial charge in [0.1, 0.15) is 11.4 Å². The summed E-state index contributed by atoms with van der Waals surface area (Å²) < 4.78 is 16.2. The fraction of sp³-hybridized carbons (Fsp3) is 0.440. The van der Waals surface area contributed by atoms with Crippen LogP contribution in [-0.4, -0.2) is 57.5 Å². The summed E-state index contributed by atoms with van der Waals surface area (Å²) in [6, 6.07) is 3.83. The van der Waals surface area contributed by atoms with Gasteiger partial charge < -0.3 is 5.32 Å². The van der Waals surface area contributed by atoms with Gasteiger partial charge in [-0.1, -0.05) is 28.1 Å². The van der Waals surface area contributed by atoms with Crippen molar-refractivity contribution in [1.82, 2.24) is 28.7 Å². The van der Waals surface area contributed by atoms with Crippen LogP contribution in [0.15, 0.2) is 54.5 Å². The number of hydrogen-bond acceptors (Lipinski definition) is 6. The lowest BCUT2D eigenvalue weighted by Gasteiger charge is -2.27. The molecule has 9 nitrogen and oxygen atoms in total. The maximum atomic E-state index is 13.2. The minimum Gasteiger partial charge on any atom is -0.307 e. The minimum atomic E-state index is -0.701. The highest BCUT2D eigenvalue weighted by atomic mass is 32.2. The second kappa shape index (κ2) is 9.96. The van der Waals surface area contributed by atoms with Crippen molar-refractivity contribution in [2.24, 2.45) is 0 Å². The Kier molecular flexibility index (Phi) is 6.77. The fourth-order valence-electron chi connectivity index (χ4n) is 4.66. The number of aromatic nitrogens is 5. The van der Waals surface area contributed by atoms with Gasteiger partial charge in [-0.15, -0.1) is 0 Å². The average molecular weight is 495 g/mol. The third kappa shape index (κ3) is 4.91. The van der Waals surface area contributed by atoms with Crippen LogP contribution in [0.3, 0.4) is 0 Å². The molecular formula is C25H32N7O2S+. The Morgan fingerprint density at radius 1 is 1.29 bits per heavy atom. The van der Waals surface area contributed by atoms with Crippen molar-refractivity contribution in [3.8, 4) is 0 Å². The summed E-state index contributed by atoms with van der Waals surface area (Å²) in [7, 11) is 0. The average Bonchev–Trinajstić information content (AvgIpc) is 3.49. The molecule has 35 heavy (non-hydrogen) atoms. The van der Waals surface area contributed by atoms with E-state index in [2.05, 4.69) is 58.7 Å². The van der Waals surface area contributed by atoms with Crippen molar-refractivity contribution in [1.29, 1.82) is 0 Å². The predicted molar refractivity (Wildman–Crippen MR) is 138 cm³/mol. The molecule has 2 aliphatic rings. The van der Waals surface area contributed by atoms with E-state index in [0.717, 1.165) is 38.0 Å². The molecule has 2 atom stereocenters. The van der Waals surface area contributed by atoms with Crippen LogP contribution >= 0.6 is 0 Å². The standard InChI is InChI=1S/C25H31N7O2S/c1-17(2)35(34)30-13-9-19(10-14-30)22-15-23(32(29-22)20-7-5-18(3)6-8-20)28-25(33)21-16-27-31-12-4-11-26-24(21)31/h4-7,11-12,15-17,19-20,34H,8-10,13-14H2,1-3H3/p+1. The largest absolute Gasteiger partial charge is 0.307 e. The maximum Gasteiger partial charge on any atom is 0.262 e. The lowest BCUT2D eigenvalue weighted by molar-refractivity contribution is 0.102. The van der Waals surface area contributed by atoms with Crippen LogP contribution in [0.5, 0.6) is 0 Å². The predicted octanol–water partition coefficient (Wildman–Crippen LogP) is 4.22. The van der Waals surface area contributed by atoms with Gasteiger partial charge in [0.15, 0.2) is 10.9 Å². The molecule has 1 amide bonds. The number of fused-ring (bicyclic) bond motifs is 1. The number of allylic oxidation sites excluding steroid dienone is 4. The van der Waals surface area contributed by atoms with E-state index >= 15 is 0 Å². The summed E-state index contributed by atoms with van der Waals surface area (Å²) in [6.45, 7) is 7.88. The van der Waals surface area contributed by atoms with E-state index in [9.17, 15) is 9.35 Å². The number of hydrogen-bond donors (Lipinski definition) is 2. The molecule has 0 spiro atoms. The summed E-state index contributed by atoms with van der Waals surface area (Å²) in [5.74, 6) is 0.708. The molecule has 3 aromatic rings. The Labute approximate surface area is 208 Å². The quantitative estimate of drug-likeness (QED) is 0.498. The van der Waals surface area contributed by atoms with Crippen LogP contribution < -0.4 is 5.32 Å². The Bertz CT molecular complexity index is 1270. The first kappa shape index (κ1) is 23.8. The van der Waals surface area contributed by atoms with Crippen LogP contribution in [-0.2, 0) is 11.4 Å². The van der Waals surface area contributed by atoms with Crippen LogP contribution in [0.2, 0.25) is 0 Å². The second-order valence-electron chi connectivity index (χ2n) is 9.45. The van der Waals surface area contributed by atoms with E-state index in [-0.39, 0.29) is 23.1 Å². The fourth-order valence-corrected chi connectivity index (χ4v) is 5.85. The molecule has 2 N–H and O–H groups in total. The molecule has 10 heteroatoms. The van der Waals surface area contributed by atoms with Crippen molar-refractivity contribution in [2.45, 2.75) is 57.2 Å². The number of anilines is 1. The van der Waals surface area contributed by atoms with E-state index in [4.69, 9.17) is 5.10 Å². The third-order valence-corrected chi connectivity index (χ3v) is 8.39. The smallest absolute Gasteiger partial charge is 0.262 e. The van der Waals surface area contributed by atoms with Gasteiger partial charge in [0, 0.05) is 37.5 Å². The number of rotatable bonds is 6. The van der Waals surface area contributed by atoms with Crippen molar-refractivity contribution in [3.05, 3.63) is 65.8 Å². The summed E-state index contributed by atoms with van der Waals surface area (Å²) in [4.78, 5) is 17.5. The summed E-state index contributed by atoms with van der Waals surface area (Å²) in [5.41, 5.74) is 3.16. The van der Waals surface area contributed by atoms with Crippen molar-refractivity contribution in [3.63, 3.8) is 0 Å². The van der Waals surface area contributed by atoms with Crippen LogP contribution in [0, 0.1) is 0 Å². The molecule has 1 fully saturated rings. The number of carbonyl (C=O) groups is 1. The molecule has 0 saturated carbocycles. The summed E-state index contributed by atoms with van der Waals surface area (Å²) >= 11 is -0.701. The molecule has 0 bridgehead atoms. The molecule has 4 heterocycles. The molecular weight excluding hydrogens is 462 g/mol. The molecule has 0 radical (unpaired) electrons. The zero-order valence-electron chi connectivity index (χ0n) is 20.3. The molecule has 1 aliphatic heterocycles. The van der Waals surface area contributed by atoms with Crippen molar-refractivity contribution in [2.75, 3.05) is 18.4 Å². The van der Waals surface area contributed by atoms with E-state index < -0.39 is 11.4 Å². The summed E-state index contributed by atoms with van der Waals surface area (Å²) in [6.07, 6.45) is 14.1. The number of piperidine rings is 1. The molecule has 1 aliphatic carbocycles. The highest BCUT2D eigenvalue weighted by Crippen LogP contribution is 2.33. The molecule has 1 saturated heterocycles. The molecule has 0 aromatic carbocycles. The Morgan fingerprint density at radius 2 is 2.09 bits per heavy atom.